The van der Waals surface area contributed by atoms with Crippen molar-refractivity contribution in [3.05, 3.63) is 0 Å². The van der Waals surface area contributed by atoms with E-state index < -0.39 is 11.0 Å². The number of carbonyl (C=O) groups excluding carboxylic acids is 1. The summed E-state index contributed by atoms with van der Waals surface area (Å²) in [4.78, 5) is 12.6. The standard InChI is InChI=1S/C15H30O2/c1-12(2,3)15(10,13(4,5)6)11(16)17-14(7,8)9/h1-10H3. The lowest BCUT2D eigenvalue weighted by Crippen LogP contribution is -2.52. The molecule has 0 radical (unpaired) electrons. The molecule has 0 N–H and O–H groups in total. The molecule has 0 aromatic rings. The summed E-state index contributed by atoms with van der Waals surface area (Å²) in [6, 6.07) is 0. The number of hydrogen-bond acceptors (Lipinski definition) is 2. The molecule has 0 saturated carbocycles. The molecule has 0 amide bonds. The van der Waals surface area contributed by atoms with Crippen LogP contribution < -0.4 is 0 Å². The molecule has 17 heavy (non-hydrogen) atoms. The topological polar surface area (TPSA) is 26.3 Å². The van der Waals surface area contributed by atoms with Crippen molar-refractivity contribution in [1.29, 1.82) is 0 Å². The van der Waals surface area contributed by atoms with Gasteiger partial charge in [0.15, 0.2) is 0 Å². The van der Waals surface area contributed by atoms with Crippen molar-refractivity contribution in [2.75, 3.05) is 0 Å². The molecule has 0 aromatic heterocycles. The van der Waals surface area contributed by atoms with E-state index in [1.54, 1.807) is 0 Å². The molecule has 0 aromatic carbocycles. The lowest BCUT2D eigenvalue weighted by molar-refractivity contribution is -0.184. The van der Waals surface area contributed by atoms with Crippen molar-refractivity contribution in [2.45, 2.75) is 74.8 Å². The lowest BCUT2D eigenvalue weighted by atomic mass is 9.55. The molecule has 0 unspecified atom stereocenters. The second-order valence-corrected chi connectivity index (χ2v) is 8.13. The van der Waals surface area contributed by atoms with E-state index in [-0.39, 0.29) is 16.8 Å². The second-order valence-electron chi connectivity index (χ2n) is 8.13. The maximum atomic E-state index is 12.6. The van der Waals surface area contributed by atoms with Gasteiger partial charge >= 0.3 is 5.97 Å². The van der Waals surface area contributed by atoms with Gasteiger partial charge in [0.1, 0.15) is 5.60 Å². The van der Waals surface area contributed by atoms with Crippen molar-refractivity contribution >= 4 is 5.97 Å². The van der Waals surface area contributed by atoms with Crippen molar-refractivity contribution in [3.8, 4) is 0 Å². The number of hydrogen-bond donors (Lipinski definition) is 0. The molecule has 2 heteroatoms. The van der Waals surface area contributed by atoms with Gasteiger partial charge in [-0.2, -0.15) is 0 Å². The Labute approximate surface area is 107 Å². The fraction of sp³-hybridized carbons (Fsp3) is 0.933. The summed E-state index contributed by atoms with van der Waals surface area (Å²) in [5, 5.41) is 0. The van der Waals surface area contributed by atoms with Gasteiger partial charge in [-0.1, -0.05) is 41.5 Å². The fourth-order valence-corrected chi connectivity index (χ4v) is 2.12. The van der Waals surface area contributed by atoms with E-state index in [1.807, 2.05) is 27.7 Å². The minimum atomic E-state index is -0.521. The van der Waals surface area contributed by atoms with Gasteiger partial charge in [0.2, 0.25) is 0 Å². The van der Waals surface area contributed by atoms with Gasteiger partial charge in [-0.3, -0.25) is 4.79 Å². The van der Waals surface area contributed by atoms with Crippen LogP contribution in [0.5, 0.6) is 0 Å². The van der Waals surface area contributed by atoms with E-state index in [0.717, 1.165) is 0 Å². The van der Waals surface area contributed by atoms with Gasteiger partial charge in [0.25, 0.3) is 0 Å². The first-order chi connectivity index (χ1) is 7.13. The number of rotatable bonds is 1. The molecule has 0 saturated heterocycles. The van der Waals surface area contributed by atoms with Crippen LogP contribution in [0.15, 0.2) is 0 Å². The molecule has 0 bridgehead atoms. The van der Waals surface area contributed by atoms with Gasteiger partial charge in [-0.15, -0.1) is 0 Å². The van der Waals surface area contributed by atoms with Crippen molar-refractivity contribution < 1.29 is 9.53 Å². The summed E-state index contributed by atoms with van der Waals surface area (Å²) in [6.45, 7) is 20.4. The Balaban J connectivity index is 5.46. The van der Waals surface area contributed by atoms with E-state index in [1.165, 1.54) is 0 Å². The van der Waals surface area contributed by atoms with Crippen LogP contribution >= 0.6 is 0 Å². The molecule has 0 aliphatic carbocycles. The van der Waals surface area contributed by atoms with Gasteiger partial charge in [0, 0.05) is 0 Å². The van der Waals surface area contributed by atoms with Gasteiger partial charge in [-0.25, -0.2) is 0 Å². The van der Waals surface area contributed by atoms with Crippen LogP contribution in [-0.4, -0.2) is 11.6 Å². The van der Waals surface area contributed by atoms with Crippen LogP contribution in [0.3, 0.4) is 0 Å². The zero-order chi connectivity index (χ0) is 14.3. The normalized spacial score (nSPS) is 14.7. The van der Waals surface area contributed by atoms with Crippen molar-refractivity contribution in [1.82, 2.24) is 0 Å². The molecule has 102 valence electrons. The summed E-state index contributed by atoms with van der Waals surface area (Å²) < 4.78 is 5.62. The molecule has 2 nitrogen and oxygen atoms in total. The van der Waals surface area contributed by atoms with E-state index in [4.69, 9.17) is 4.74 Å². The summed E-state index contributed by atoms with van der Waals surface area (Å²) in [5.41, 5.74) is -1.25. The molecular formula is C15H30O2. The van der Waals surface area contributed by atoms with E-state index in [2.05, 4.69) is 41.5 Å². The maximum Gasteiger partial charge on any atom is 0.313 e. The van der Waals surface area contributed by atoms with Crippen LogP contribution in [0.4, 0.5) is 0 Å². The Hall–Kier alpha value is -0.530. The summed E-state index contributed by atoms with van der Waals surface area (Å²) in [5.74, 6) is -0.106. The van der Waals surface area contributed by atoms with Gasteiger partial charge < -0.3 is 4.74 Å². The third kappa shape index (κ3) is 3.46. The van der Waals surface area contributed by atoms with Crippen LogP contribution in [0, 0.1) is 16.2 Å². The molecular weight excluding hydrogens is 212 g/mol. The van der Waals surface area contributed by atoms with Crippen molar-refractivity contribution in [2.24, 2.45) is 16.2 Å². The molecule has 0 rings (SSSR count). The fourth-order valence-electron chi connectivity index (χ4n) is 2.12. The number of carbonyl (C=O) groups is 1. The molecule has 0 aliphatic heterocycles. The Bertz CT molecular complexity index is 268. The maximum absolute atomic E-state index is 12.6. The van der Waals surface area contributed by atoms with Crippen LogP contribution in [-0.2, 0) is 9.53 Å². The highest BCUT2D eigenvalue weighted by Crippen LogP contribution is 2.52. The van der Waals surface area contributed by atoms with E-state index in [0.29, 0.717) is 0 Å². The quantitative estimate of drug-likeness (QED) is 0.636. The second kappa shape index (κ2) is 4.29. The molecule has 0 heterocycles. The molecule has 0 spiro atoms. The number of esters is 1. The minimum Gasteiger partial charge on any atom is -0.460 e. The first-order valence-electron chi connectivity index (χ1n) is 6.36. The molecule has 0 fully saturated rings. The third-order valence-corrected chi connectivity index (χ3v) is 3.81. The molecule has 0 atom stereocenters. The largest absolute Gasteiger partial charge is 0.460 e. The average molecular weight is 242 g/mol. The van der Waals surface area contributed by atoms with Crippen LogP contribution in [0.25, 0.3) is 0 Å². The van der Waals surface area contributed by atoms with Crippen molar-refractivity contribution in [3.63, 3.8) is 0 Å². The smallest absolute Gasteiger partial charge is 0.313 e. The highest BCUT2D eigenvalue weighted by molar-refractivity contribution is 5.78. The van der Waals surface area contributed by atoms with Gasteiger partial charge in [-0.05, 0) is 38.5 Å². The summed E-state index contributed by atoms with van der Waals surface area (Å²) >= 11 is 0. The summed E-state index contributed by atoms with van der Waals surface area (Å²) in [7, 11) is 0. The van der Waals surface area contributed by atoms with Crippen LogP contribution in [0.2, 0.25) is 0 Å². The third-order valence-electron chi connectivity index (χ3n) is 3.81. The highest BCUT2D eigenvalue weighted by atomic mass is 16.6. The Morgan fingerprint density at radius 1 is 0.706 bits per heavy atom. The Morgan fingerprint density at radius 3 is 1.18 bits per heavy atom. The Morgan fingerprint density at radius 2 is 1.00 bits per heavy atom. The SMILES string of the molecule is CC(C)(C)OC(=O)C(C)(C(C)(C)C)C(C)(C)C. The summed E-state index contributed by atoms with van der Waals surface area (Å²) in [6.07, 6.45) is 0. The lowest BCUT2D eigenvalue weighted by Gasteiger charge is -2.49. The number of ether oxygens (including phenoxy) is 1. The molecule has 0 aliphatic rings. The predicted molar refractivity (Wildman–Crippen MR) is 72.9 cm³/mol. The van der Waals surface area contributed by atoms with Crippen LogP contribution in [0.1, 0.15) is 69.2 Å². The first kappa shape index (κ1) is 16.5. The Kier molecular flexibility index (Phi) is 4.16. The van der Waals surface area contributed by atoms with E-state index >= 15 is 0 Å². The zero-order valence-electron chi connectivity index (χ0n) is 13.3. The minimum absolute atomic E-state index is 0.106. The first-order valence-corrected chi connectivity index (χ1v) is 6.36. The van der Waals surface area contributed by atoms with E-state index in [9.17, 15) is 4.79 Å². The highest BCUT2D eigenvalue weighted by Gasteiger charge is 2.54. The zero-order valence-corrected chi connectivity index (χ0v) is 13.3. The average Bonchev–Trinajstić information content (AvgIpc) is 1.94. The van der Waals surface area contributed by atoms with Gasteiger partial charge in [0.05, 0.1) is 5.41 Å². The predicted octanol–water partition coefficient (Wildman–Crippen LogP) is 4.43. The monoisotopic (exact) mass is 242 g/mol.